The molecule has 0 spiro atoms. The summed E-state index contributed by atoms with van der Waals surface area (Å²) in [7, 11) is 0. The fourth-order valence-electron chi connectivity index (χ4n) is 1.18. The fourth-order valence-corrected chi connectivity index (χ4v) is 1.18. The smallest absolute Gasteiger partial charge is 0.147 e. The Morgan fingerprint density at radius 2 is 2.00 bits per heavy atom. The van der Waals surface area contributed by atoms with Gasteiger partial charge in [-0.3, -0.25) is 4.98 Å². The molecule has 0 aliphatic heterocycles. The molecule has 76 valence electrons. The molecule has 5 nitrogen and oxygen atoms in total. The molecule has 0 aromatic carbocycles. The Morgan fingerprint density at radius 1 is 1.13 bits per heavy atom. The average molecular weight is 201 g/mol. The van der Waals surface area contributed by atoms with Gasteiger partial charge in [-0.1, -0.05) is 0 Å². The molecule has 2 rings (SSSR count). The lowest BCUT2D eigenvalue weighted by atomic mass is 10.4. The van der Waals surface area contributed by atoms with Gasteiger partial charge in [-0.05, 0) is 13.0 Å². The standard InChI is InChI=1S/C10H11N5/c1-8-10(13-5-4-12-8)14-6-9-2-3-11-7-15-9/h2-5,7H,6H2,1H3,(H,13,14). The summed E-state index contributed by atoms with van der Waals surface area (Å²) in [5.41, 5.74) is 1.81. The number of nitrogens with one attached hydrogen (secondary N) is 1. The molecule has 0 fully saturated rings. The van der Waals surface area contributed by atoms with Gasteiger partial charge in [-0.2, -0.15) is 0 Å². The normalized spacial score (nSPS) is 9.93. The van der Waals surface area contributed by atoms with Crippen molar-refractivity contribution in [1.82, 2.24) is 19.9 Å². The topological polar surface area (TPSA) is 63.6 Å². The van der Waals surface area contributed by atoms with E-state index < -0.39 is 0 Å². The Labute approximate surface area is 87.6 Å². The largest absolute Gasteiger partial charge is 0.363 e. The van der Waals surface area contributed by atoms with Crippen molar-refractivity contribution in [2.45, 2.75) is 13.5 Å². The van der Waals surface area contributed by atoms with Gasteiger partial charge in [0.25, 0.3) is 0 Å². The van der Waals surface area contributed by atoms with E-state index in [4.69, 9.17) is 0 Å². The van der Waals surface area contributed by atoms with Crippen LogP contribution in [-0.4, -0.2) is 19.9 Å². The van der Waals surface area contributed by atoms with Crippen LogP contribution in [0.25, 0.3) is 0 Å². The number of nitrogens with zero attached hydrogens (tertiary/aromatic N) is 4. The summed E-state index contributed by atoms with van der Waals surface area (Å²) in [4.78, 5) is 16.3. The number of hydrogen-bond acceptors (Lipinski definition) is 5. The average Bonchev–Trinajstić information content (AvgIpc) is 2.29. The lowest BCUT2D eigenvalue weighted by Crippen LogP contribution is -2.05. The summed E-state index contributed by atoms with van der Waals surface area (Å²) in [6.45, 7) is 2.54. The first-order chi connectivity index (χ1) is 7.36. The van der Waals surface area contributed by atoms with Crippen molar-refractivity contribution < 1.29 is 0 Å². The molecule has 0 saturated carbocycles. The minimum Gasteiger partial charge on any atom is -0.363 e. The Bertz CT molecular complexity index is 429. The van der Waals surface area contributed by atoms with Crippen molar-refractivity contribution >= 4 is 5.82 Å². The number of aryl methyl sites for hydroxylation is 1. The van der Waals surface area contributed by atoms with Crippen LogP contribution in [0.2, 0.25) is 0 Å². The molecule has 0 amide bonds. The Hall–Kier alpha value is -2.04. The number of aromatic nitrogens is 4. The zero-order valence-electron chi connectivity index (χ0n) is 8.38. The van der Waals surface area contributed by atoms with Gasteiger partial charge >= 0.3 is 0 Å². The van der Waals surface area contributed by atoms with Gasteiger partial charge in [0, 0.05) is 18.6 Å². The Morgan fingerprint density at radius 3 is 2.73 bits per heavy atom. The maximum Gasteiger partial charge on any atom is 0.147 e. The summed E-state index contributed by atoms with van der Waals surface area (Å²) in [5.74, 6) is 0.788. The second-order valence-electron chi connectivity index (χ2n) is 3.04. The molecule has 1 N–H and O–H groups in total. The molecule has 2 aromatic heterocycles. The van der Waals surface area contributed by atoms with Crippen LogP contribution in [0.4, 0.5) is 5.82 Å². The first kappa shape index (κ1) is 9.51. The molecule has 0 aliphatic rings. The van der Waals surface area contributed by atoms with Gasteiger partial charge in [0.15, 0.2) is 0 Å². The van der Waals surface area contributed by atoms with Gasteiger partial charge in [-0.15, -0.1) is 0 Å². The lowest BCUT2D eigenvalue weighted by molar-refractivity contribution is 0.981. The van der Waals surface area contributed by atoms with E-state index in [1.807, 2.05) is 13.0 Å². The molecule has 5 heteroatoms. The first-order valence-corrected chi connectivity index (χ1v) is 4.62. The van der Waals surface area contributed by atoms with Crippen LogP contribution in [0.15, 0.2) is 31.0 Å². The third kappa shape index (κ3) is 2.46. The molecule has 0 atom stereocenters. The third-order valence-electron chi connectivity index (χ3n) is 1.96. The number of rotatable bonds is 3. The van der Waals surface area contributed by atoms with Crippen LogP contribution < -0.4 is 5.32 Å². The van der Waals surface area contributed by atoms with Gasteiger partial charge in [0.2, 0.25) is 0 Å². The number of anilines is 1. The SMILES string of the molecule is Cc1nccnc1NCc1ccncn1. The van der Waals surface area contributed by atoms with Crippen LogP contribution in [0.1, 0.15) is 11.4 Å². The van der Waals surface area contributed by atoms with Crippen molar-refractivity contribution in [1.29, 1.82) is 0 Å². The Kier molecular flexibility index (Phi) is 2.82. The van der Waals surface area contributed by atoms with Gasteiger partial charge in [-0.25, -0.2) is 15.0 Å². The van der Waals surface area contributed by atoms with Crippen LogP contribution in [0.3, 0.4) is 0 Å². The van der Waals surface area contributed by atoms with Gasteiger partial charge in [0.1, 0.15) is 12.1 Å². The molecule has 0 radical (unpaired) electrons. The maximum atomic E-state index is 4.18. The van der Waals surface area contributed by atoms with Crippen LogP contribution in [0.5, 0.6) is 0 Å². The molecule has 0 bridgehead atoms. The highest BCUT2D eigenvalue weighted by atomic mass is 15.0. The quantitative estimate of drug-likeness (QED) is 0.808. The Balaban J connectivity index is 2.03. The lowest BCUT2D eigenvalue weighted by Gasteiger charge is -2.05. The second-order valence-corrected chi connectivity index (χ2v) is 3.04. The molecule has 0 aliphatic carbocycles. The summed E-state index contributed by atoms with van der Waals surface area (Å²) in [6.07, 6.45) is 6.58. The van der Waals surface area contributed by atoms with E-state index in [0.29, 0.717) is 6.54 Å². The minimum atomic E-state index is 0.627. The number of hydrogen-bond donors (Lipinski definition) is 1. The van der Waals surface area contributed by atoms with E-state index in [9.17, 15) is 0 Å². The molecular formula is C10H11N5. The monoisotopic (exact) mass is 201 g/mol. The van der Waals surface area contributed by atoms with Crippen LogP contribution >= 0.6 is 0 Å². The molecule has 0 saturated heterocycles. The fraction of sp³-hybridized carbons (Fsp3) is 0.200. The van der Waals surface area contributed by atoms with E-state index in [-0.39, 0.29) is 0 Å². The van der Waals surface area contributed by atoms with Crippen LogP contribution in [0, 0.1) is 6.92 Å². The molecule has 0 unspecified atom stereocenters. The van der Waals surface area contributed by atoms with E-state index >= 15 is 0 Å². The van der Waals surface area contributed by atoms with E-state index in [1.54, 1.807) is 18.6 Å². The first-order valence-electron chi connectivity index (χ1n) is 4.62. The summed E-state index contributed by atoms with van der Waals surface area (Å²) in [6, 6.07) is 1.86. The summed E-state index contributed by atoms with van der Waals surface area (Å²) in [5, 5.41) is 3.17. The predicted molar refractivity (Wildman–Crippen MR) is 56.1 cm³/mol. The highest BCUT2D eigenvalue weighted by Gasteiger charge is 1.99. The zero-order valence-corrected chi connectivity index (χ0v) is 8.38. The molecule has 2 heterocycles. The van der Waals surface area contributed by atoms with Crippen molar-refractivity contribution in [2.24, 2.45) is 0 Å². The van der Waals surface area contributed by atoms with Crippen molar-refractivity contribution in [3.8, 4) is 0 Å². The summed E-state index contributed by atoms with van der Waals surface area (Å²) >= 11 is 0. The van der Waals surface area contributed by atoms with Crippen LogP contribution in [-0.2, 0) is 6.54 Å². The molecular weight excluding hydrogens is 190 g/mol. The zero-order chi connectivity index (χ0) is 10.5. The molecule has 2 aromatic rings. The van der Waals surface area contributed by atoms with Gasteiger partial charge < -0.3 is 5.32 Å². The predicted octanol–water partition coefficient (Wildman–Crippen LogP) is 1.19. The van der Waals surface area contributed by atoms with Crippen molar-refractivity contribution in [3.63, 3.8) is 0 Å². The molecule has 15 heavy (non-hydrogen) atoms. The van der Waals surface area contributed by atoms with E-state index in [2.05, 4.69) is 25.3 Å². The highest BCUT2D eigenvalue weighted by Crippen LogP contribution is 2.06. The maximum absolute atomic E-state index is 4.18. The summed E-state index contributed by atoms with van der Waals surface area (Å²) < 4.78 is 0. The van der Waals surface area contributed by atoms with Crippen molar-refractivity contribution in [2.75, 3.05) is 5.32 Å². The van der Waals surface area contributed by atoms with E-state index in [0.717, 1.165) is 17.2 Å². The second kappa shape index (κ2) is 4.45. The third-order valence-corrected chi connectivity index (χ3v) is 1.96. The van der Waals surface area contributed by atoms with Crippen molar-refractivity contribution in [3.05, 3.63) is 42.4 Å². The van der Waals surface area contributed by atoms with Gasteiger partial charge in [0.05, 0.1) is 17.9 Å². The highest BCUT2D eigenvalue weighted by molar-refractivity contribution is 5.38. The minimum absolute atomic E-state index is 0.627. The van der Waals surface area contributed by atoms with E-state index in [1.165, 1.54) is 6.33 Å².